The van der Waals surface area contributed by atoms with Crippen molar-refractivity contribution in [3.8, 4) is 33.6 Å². The molecule has 0 spiro atoms. The standard InChI is InChI=1S/C48H30N2O/c1-3-12-31(13-4-1)33-22-24-35(25-23-33)50-43-28-26-38-37-18-8-10-21-44(37)51-48(38)46(43)40-27-29-42-45(47(40)50)39-19-7-9-20-41(39)49(42)36-17-11-16-34(30-36)32-14-5-2-6-15-32/h1-30H. The molecule has 0 aliphatic carbocycles. The average molecular weight is 651 g/mol. The minimum absolute atomic E-state index is 0.907. The summed E-state index contributed by atoms with van der Waals surface area (Å²) in [5.41, 5.74) is 13.5. The van der Waals surface area contributed by atoms with Crippen LogP contribution in [0.15, 0.2) is 186 Å². The van der Waals surface area contributed by atoms with Crippen molar-refractivity contribution >= 4 is 65.6 Å². The van der Waals surface area contributed by atoms with Crippen LogP contribution in [0.25, 0.3) is 99.2 Å². The molecule has 0 unspecified atom stereocenters. The summed E-state index contributed by atoms with van der Waals surface area (Å²) in [6, 6.07) is 65.4. The van der Waals surface area contributed by atoms with Gasteiger partial charge in [0.2, 0.25) is 0 Å². The molecule has 0 saturated heterocycles. The third kappa shape index (κ3) is 4.12. The first-order valence-corrected chi connectivity index (χ1v) is 17.4. The Morgan fingerprint density at radius 1 is 0.333 bits per heavy atom. The number of furan rings is 1. The first-order chi connectivity index (χ1) is 25.3. The molecule has 3 aromatic heterocycles. The first kappa shape index (κ1) is 28.0. The van der Waals surface area contributed by atoms with Crippen molar-refractivity contribution in [2.24, 2.45) is 0 Å². The van der Waals surface area contributed by atoms with E-state index >= 15 is 0 Å². The van der Waals surface area contributed by atoms with Gasteiger partial charge in [0.1, 0.15) is 11.2 Å². The van der Waals surface area contributed by atoms with E-state index in [1.165, 1.54) is 55.0 Å². The van der Waals surface area contributed by atoms with Gasteiger partial charge in [0, 0.05) is 38.3 Å². The summed E-state index contributed by atoms with van der Waals surface area (Å²) in [4.78, 5) is 0. The van der Waals surface area contributed by atoms with Crippen molar-refractivity contribution in [3.63, 3.8) is 0 Å². The van der Waals surface area contributed by atoms with E-state index in [9.17, 15) is 0 Å². The fourth-order valence-corrected chi connectivity index (χ4v) is 8.26. The molecule has 51 heavy (non-hydrogen) atoms. The monoisotopic (exact) mass is 650 g/mol. The molecular formula is C48H30N2O. The molecule has 3 heteroatoms. The highest BCUT2D eigenvalue weighted by Gasteiger charge is 2.23. The molecule has 0 fully saturated rings. The Morgan fingerprint density at radius 3 is 1.73 bits per heavy atom. The zero-order chi connectivity index (χ0) is 33.5. The van der Waals surface area contributed by atoms with Crippen LogP contribution in [-0.2, 0) is 0 Å². The van der Waals surface area contributed by atoms with Gasteiger partial charge in [-0.05, 0) is 82.9 Å². The highest BCUT2D eigenvalue weighted by Crippen LogP contribution is 2.45. The van der Waals surface area contributed by atoms with Gasteiger partial charge in [-0.15, -0.1) is 0 Å². The van der Waals surface area contributed by atoms with Crippen molar-refractivity contribution < 1.29 is 4.42 Å². The van der Waals surface area contributed by atoms with Crippen molar-refractivity contribution in [3.05, 3.63) is 182 Å². The lowest BCUT2D eigenvalue weighted by atomic mass is 10.0. The van der Waals surface area contributed by atoms with E-state index in [4.69, 9.17) is 4.42 Å². The van der Waals surface area contributed by atoms with Gasteiger partial charge < -0.3 is 13.6 Å². The molecule has 0 saturated carbocycles. The molecule has 3 nitrogen and oxygen atoms in total. The van der Waals surface area contributed by atoms with Crippen molar-refractivity contribution in [1.82, 2.24) is 9.13 Å². The topological polar surface area (TPSA) is 23.0 Å². The van der Waals surface area contributed by atoms with Gasteiger partial charge in [0.15, 0.2) is 0 Å². The summed E-state index contributed by atoms with van der Waals surface area (Å²) < 4.78 is 11.6. The summed E-state index contributed by atoms with van der Waals surface area (Å²) in [6.45, 7) is 0. The van der Waals surface area contributed by atoms with Crippen LogP contribution in [-0.4, -0.2) is 9.13 Å². The van der Waals surface area contributed by atoms with Crippen LogP contribution in [0.2, 0.25) is 0 Å². The van der Waals surface area contributed by atoms with E-state index in [0.717, 1.165) is 44.2 Å². The van der Waals surface area contributed by atoms with Gasteiger partial charge in [-0.25, -0.2) is 0 Å². The summed E-state index contributed by atoms with van der Waals surface area (Å²) in [5, 5.41) is 7.02. The van der Waals surface area contributed by atoms with E-state index < -0.39 is 0 Å². The molecule has 0 amide bonds. The second kappa shape index (κ2) is 10.8. The fourth-order valence-electron chi connectivity index (χ4n) is 8.26. The molecule has 238 valence electrons. The number of aromatic nitrogens is 2. The van der Waals surface area contributed by atoms with Crippen LogP contribution in [0.4, 0.5) is 0 Å². The second-order valence-electron chi connectivity index (χ2n) is 13.3. The van der Waals surface area contributed by atoms with E-state index in [1.807, 2.05) is 6.07 Å². The Hall–Kier alpha value is -6.84. The summed E-state index contributed by atoms with van der Waals surface area (Å²) in [5.74, 6) is 0. The van der Waals surface area contributed by atoms with Crippen LogP contribution in [0.3, 0.4) is 0 Å². The first-order valence-electron chi connectivity index (χ1n) is 17.4. The highest BCUT2D eigenvalue weighted by molar-refractivity contribution is 6.31. The zero-order valence-corrected chi connectivity index (χ0v) is 27.6. The number of nitrogens with zero attached hydrogens (tertiary/aromatic N) is 2. The minimum Gasteiger partial charge on any atom is -0.455 e. The normalized spacial score (nSPS) is 11.9. The average Bonchev–Trinajstić information content (AvgIpc) is 3.86. The molecule has 11 aromatic rings. The molecule has 11 rings (SSSR count). The zero-order valence-electron chi connectivity index (χ0n) is 27.6. The van der Waals surface area contributed by atoms with Gasteiger partial charge in [0.25, 0.3) is 0 Å². The van der Waals surface area contributed by atoms with Crippen LogP contribution in [0.1, 0.15) is 0 Å². The molecule has 8 aromatic carbocycles. The number of hydrogen-bond acceptors (Lipinski definition) is 1. The molecule has 0 atom stereocenters. The lowest BCUT2D eigenvalue weighted by Crippen LogP contribution is -1.96. The Kier molecular flexibility index (Phi) is 5.96. The van der Waals surface area contributed by atoms with Gasteiger partial charge in [-0.3, -0.25) is 0 Å². The lowest BCUT2D eigenvalue weighted by molar-refractivity contribution is 0.673. The SMILES string of the molecule is c1ccc(-c2ccc(-n3c4ccc5c6ccccc6oc5c4c4ccc5c(c6ccccc6n5-c5cccc(-c6ccccc6)c5)c43)cc2)cc1. The quantitative estimate of drug-likeness (QED) is 0.186. The van der Waals surface area contributed by atoms with E-state index in [0.29, 0.717) is 0 Å². The number of hydrogen-bond donors (Lipinski definition) is 0. The van der Waals surface area contributed by atoms with Gasteiger partial charge in [0.05, 0.1) is 27.5 Å². The predicted molar refractivity (Wildman–Crippen MR) is 213 cm³/mol. The fraction of sp³-hybridized carbons (Fsp3) is 0. The summed E-state index contributed by atoms with van der Waals surface area (Å²) in [6.07, 6.45) is 0. The van der Waals surface area contributed by atoms with Gasteiger partial charge in [-0.2, -0.15) is 0 Å². The van der Waals surface area contributed by atoms with Gasteiger partial charge in [-0.1, -0.05) is 121 Å². The number of para-hydroxylation sites is 2. The highest BCUT2D eigenvalue weighted by atomic mass is 16.3. The lowest BCUT2D eigenvalue weighted by Gasteiger charge is -2.12. The number of fused-ring (bicyclic) bond motifs is 11. The Morgan fingerprint density at radius 2 is 0.941 bits per heavy atom. The van der Waals surface area contributed by atoms with E-state index in [1.54, 1.807) is 0 Å². The maximum atomic E-state index is 6.71. The van der Waals surface area contributed by atoms with E-state index in [2.05, 4.69) is 185 Å². The Labute approximate surface area is 293 Å². The van der Waals surface area contributed by atoms with E-state index in [-0.39, 0.29) is 0 Å². The van der Waals surface area contributed by atoms with Crippen LogP contribution >= 0.6 is 0 Å². The third-order valence-corrected chi connectivity index (χ3v) is 10.5. The smallest absolute Gasteiger partial charge is 0.145 e. The molecule has 0 radical (unpaired) electrons. The molecule has 0 aliphatic heterocycles. The van der Waals surface area contributed by atoms with Crippen LogP contribution in [0, 0.1) is 0 Å². The molecule has 0 aliphatic rings. The number of benzene rings is 8. The molecular weight excluding hydrogens is 621 g/mol. The summed E-state index contributed by atoms with van der Waals surface area (Å²) in [7, 11) is 0. The van der Waals surface area contributed by atoms with Crippen LogP contribution in [0.5, 0.6) is 0 Å². The van der Waals surface area contributed by atoms with Gasteiger partial charge >= 0.3 is 0 Å². The maximum Gasteiger partial charge on any atom is 0.145 e. The van der Waals surface area contributed by atoms with Crippen molar-refractivity contribution in [2.75, 3.05) is 0 Å². The minimum atomic E-state index is 0.907. The Bertz CT molecular complexity index is 3110. The largest absolute Gasteiger partial charge is 0.455 e. The number of rotatable bonds is 4. The summed E-state index contributed by atoms with van der Waals surface area (Å²) >= 11 is 0. The Balaban J connectivity index is 1.27. The third-order valence-electron chi connectivity index (χ3n) is 10.5. The van der Waals surface area contributed by atoms with Crippen molar-refractivity contribution in [1.29, 1.82) is 0 Å². The predicted octanol–water partition coefficient (Wildman–Crippen LogP) is 13.1. The van der Waals surface area contributed by atoms with Crippen molar-refractivity contribution in [2.45, 2.75) is 0 Å². The molecule has 3 heterocycles. The molecule has 0 bridgehead atoms. The maximum absolute atomic E-state index is 6.71. The molecule has 0 N–H and O–H groups in total. The second-order valence-corrected chi connectivity index (χ2v) is 13.3. The van der Waals surface area contributed by atoms with Crippen LogP contribution < -0.4 is 0 Å².